The summed E-state index contributed by atoms with van der Waals surface area (Å²) in [5.74, 6) is -5.04. The molecular formula is C119H113F6Ir4N10O8PtS-5. The van der Waals surface area contributed by atoms with E-state index in [1.54, 1.807) is 60.0 Å². The molecule has 17 aromatic rings. The summed E-state index contributed by atoms with van der Waals surface area (Å²) in [7, 11) is 0. The average Bonchev–Trinajstić information content (AvgIpc) is 1.61. The maximum Gasteiger partial charge on any atom is 4.00 e. The minimum atomic E-state index is -0.990. The SMILES string of the molecule is CC(C)(C)C(=O)CC(=O)C(C)(C)C.CCc1c2[n-]c(c1CC)C=c1[n-]c(c(CC)c1CC)=Cc1[n-]c(c(CC)c1CC)C=c1[n-]c(c(CC)c1CC)=C2.Fc1c[c-]c(-c2ccccn2)c(F)c1.O=C(O)c1ccccn1.O=CC=CO.OCc1ccnc(-c2[c-]cc(F)cc2F)c1.OCc1ccnc(-c2[c-]cc(F)cc2F)c1.[Ir].[Ir].[Ir].[Ir].[Pt+4].[c-]1c(-c2ccccn2)sc2ccccc12.[c-]1ccccc1-c1nccc2ccccc12. The number of benzene rings is 6. The van der Waals surface area contributed by atoms with Gasteiger partial charge in [0.1, 0.15) is 23.5 Å². The minimum absolute atomic E-state index is 0. The zero-order chi connectivity index (χ0) is 104. The number of aliphatic hydroxyl groups is 3. The number of carbonyl (C=O) groups is 4. The maximum absolute atomic E-state index is 13.4. The quantitative estimate of drug-likeness (QED) is 0.0146. The third-order valence-electron chi connectivity index (χ3n) is 22.8. The summed E-state index contributed by atoms with van der Waals surface area (Å²) in [4.78, 5) is 88.6. The standard InChI is InChI=1S/C36H44N4.C15H10N.C13H8NS.2C12H8F2NO.C11H6F2N.C11H20O2.C6H5NO2.C3H4O2.4Ir.Pt/c1-9-21-22(10-2)30-18-32-25(13-5)26(14-6)34(39-32)20-36-28(16-8)27(15-7)35(40-36)19-33-24(12-4)23(11-3)31(38-33)17-29(21)37-30;1-2-7-13(8-3-1)15-14-9-5-4-6-12(14)10-11-16-15;1-2-7-12-10(5-1)9-13(15-12)11-6-3-4-8-14-11;2*13-9-1-2-10(11(14)6-9)12-5-8(7-16)3-4-15-12;12-8-4-5-9(10(13)7-8)11-3-1-2-6-14-11;1-10(2,3)8(12)7-9(13)11(4,5)6;8-6(9)5-3-1-2-4-7-5;4-2-1-3-5;;;;;/h17-20H,9-16H2,1-8H3;1-7,9-11H;1-8H;2*1,3-6,16H,7H2;1-4,6-7H;7H2,1-6H3;1-4H,(H,8,9);1-4H;;;;;/q-4;5*-1;;;;;;;;+4. The summed E-state index contributed by atoms with van der Waals surface area (Å²) < 4.78 is 79.2. The maximum atomic E-state index is 13.4. The summed E-state index contributed by atoms with van der Waals surface area (Å²) in [6.45, 7) is 28.7. The Labute approximate surface area is 938 Å². The monoisotopic (exact) mass is 2920 g/mol. The molecule has 6 aromatic carbocycles. The topological polar surface area (TPSA) is 283 Å². The summed E-state index contributed by atoms with van der Waals surface area (Å²) in [6, 6.07) is 68.2. The van der Waals surface area contributed by atoms with Crippen molar-refractivity contribution in [3.8, 4) is 55.6 Å². The number of hydrogen-bond donors (Lipinski definition) is 4. The molecule has 30 heteroatoms. The Bertz CT molecular complexity index is 7100. The van der Waals surface area contributed by atoms with Crippen LogP contribution in [0.2, 0.25) is 0 Å². The number of Topliss-reactive ketones (excluding diaryl/α,β-unsaturated/α-hetero) is 2. The fraction of sp³-hybridized carbons (Fsp3) is 0.227. The number of aliphatic hydroxyl groups excluding tert-OH is 3. The van der Waals surface area contributed by atoms with E-state index in [0.717, 1.165) is 160 Å². The predicted octanol–water partition coefficient (Wildman–Crippen LogP) is 22.2. The third-order valence-corrected chi connectivity index (χ3v) is 23.9. The van der Waals surface area contributed by atoms with Gasteiger partial charge in [-0.3, -0.25) is 40.7 Å². The average molecular weight is 2920 g/mol. The number of ketones is 2. The van der Waals surface area contributed by atoms with Crippen molar-refractivity contribution in [2.45, 2.75) is 168 Å². The Morgan fingerprint density at radius 2 is 0.785 bits per heavy atom. The summed E-state index contributed by atoms with van der Waals surface area (Å²) in [5, 5.41) is 41.6. The second-order valence-electron chi connectivity index (χ2n) is 34.5. The number of pyridine rings is 6. The van der Waals surface area contributed by atoms with Gasteiger partial charge in [0, 0.05) is 175 Å². The predicted molar refractivity (Wildman–Crippen MR) is 556 cm³/mol. The minimum Gasteiger partial charge on any atom is -0.657 e. The Balaban J connectivity index is 0.000000309. The second-order valence-corrected chi connectivity index (χ2v) is 35.5. The van der Waals surface area contributed by atoms with Gasteiger partial charge in [0.25, 0.3) is 0 Å². The number of fused-ring (bicyclic) bond motifs is 10. The second kappa shape index (κ2) is 63.1. The smallest absolute Gasteiger partial charge is 0.657 e. The number of carboxylic acids is 1. The van der Waals surface area contributed by atoms with E-state index in [4.69, 9.17) is 45.2 Å². The number of thiophene rings is 1. The normalized spacial score (nSPS) is 10.7. The van der Waals surface area contributed by atoms with Gasteiger partial charge < -0.3 is 65.3 Å². The van der Waals surface area contributed by atoms with Crippen molar-refractivity contribution in [1.29, 1.82) is 0 Å². The fourth-order valence-electron chi connectivity index (χ4n) is 15.4. The van der Waals surface area contributed by atoms with E-state index in [9.17, 15) is 40.7 Å². The molecule has 0 unspecified atom stereocenters. The van der Waals surface area contributed by atoms with E-state index >= 15 is 0 Å². The molecule has 0 saturated heterocycles. The van der Waals surface area contributed by atoms with Crippen LogP contribution in [0.4, 0.5) is 26.3 Å². The van der Waals surface area contributed by atoms with Gasteiger partial charge >= 0.3 is 27.0 Å². The van der Waals surface area contributed by atoms with E-state index in [1.165, 1.54) is 102 Å². The van der Waals surface area contributed by atoms with Gasteiger partial charge in [-0.05, 0) is 148 Å². The Morgan fingerprint density at radius 3 is 1.13 bits per heavy atom. The summed E-state index contributed by atoms with van der Waals surface area (Å²) in [6.07, 6.45) is 28.4. The molecule has 4 radical (unpaired) electrons. The van der Waals surface area contributed by atoms with Crippen molar-refractivity contribution in [1.82, 2.24) is 49.8 Å². The molecule has 0 aliphatic carbocycles. The number of halogens is 6. The molecule has 18 rings (SSSR count). The molecule has 11 aromatic heterocycles. The zero-order valence-corrected chi connectivity index (χ0v) is 97.1. The van der Waals surface area contributed by atoms with Crippen LogP contribution in [0.3, 0.4) is 0 Å². The number of carbonyl (C=O) groups excluding carboxylic acids is 3. The first-order chi connectivity index (χ1) is 69.3. The van der Waals surface area contributed by atoms with Crippen LogP contribution in [0.25, 0.3) is 101 Å². The zero-order valence-electron chi connectivity index (χ0n) is 84.5. The molecular weight excluding hydrogens is 2810 g/mol. The number of aromatic carboxylic acids is 1. The van der Waals surface area contributed by atoms with Gasteiger partial charge in [0.15, 0.2) is 0 Å². The molecule has 8 bridgehead atoms. The number of rotatable bonds is 19. The number of allylic oxidation sites excluding steroid dienone is 1. The Kier molecular flexibility index (Phi) is 53.9. The first kappa shape index (κ1) is 127. The van der Waals surface area contributed by atoms with Gasteiger partial charge in [-0.1, -0.05) is 279 Å². The molecule has 0 fully saturated rings. The van der Waals surface area contributed by atoms with Gasteiger partial charge in [0.2, 0.25) is 0 Å². The Morgan fingerprint density at radius 1 is 0.409 bits per heavy atom. The first-order valence-corrected chi connectivity index (χ1v) is 48.0. The molecule has 786 valence electrons. The van der Waals surface area contributed by atoms with E-state index in [2.05, 4.69) is 170 Å². The molecule has 1 aliphatic rings. The molecule has 0 atom stereocenters. The Hall–Kier alpha value is -12.2. The number of nitrogens with zero attached hydrogens (tertiary/aromatic N) is 10. The number of carboxylic acid groups (broad SMARTS) is 1. The molecule has 1 aliphatic heterocycles. The van der Waals surface area contributed by atoms with Crippen LogP contribution in [-0.2, 0) is 180 Å². The number of hydrogen-bond acceptors (Lipinski definition) is 14. The molecule has 12 heterocycles. The van der Waals surface area contributed by atoms with E-state index in [0.29, 0.717) is 40.8 Å². The van der Waals surface area contributed by atoms with Crippen molar-refractivity contribution >= 4 is 80.3 Å². The van der Waals surface area contributed by atoms with Gasteiger partial charge in [-0.25, -0.2) is 21.1 Å². The fourth-order valence-corrected chi connectivity index (χ4v) is 16.4. The van der Waals surface area contributed by atoms with Crippen LogP contribution in [-0.4, -0.2) is 74.2 Å². The molecule has 0 saturated carbocycles. The van der Waals surface area contributed by atoms with Gasteiger partial charge in [0.05, 0.1) is 25.9 Å². The third kappa shape index (κ3) is 35.8. The van der Waals surface area contributed by atoms with Gasteiger partial charge in [-0.2, -0.15) is 0 Å². The van der Waals surface area contributed by atoms with Crippen molar-refractivity contribution in [2.24, 2.45) is 10.8 Å². The van der Waals surface area contributed by atoms with Crippen molar-refractivity contribution in [3.05, 3.63) is 414 Å². The van der Waals surface area contributed by atoms with Crippen molar-refractivity contribution in [3.63, 3.8) is 0 Å². The molecule has 149 heavy (non-hydrogen) atoms. The number of aromatic nitrogens is 10. The van der Waals surface area contributed by atoms with Crippen LogP contribution in [0.1, 0.15) is 192 Å². The van der Waals surface area contributed by atoms with Crippen molar-refractivity contribution in [2.75, 3.05) is 0 Å². The van der Waals surface area contributed by atoms with Gasteiger partial charge in [-0.15, -0.1) is 140 Å². The van der Waals surface area contributed by atoms with E-state index in [-0.39, 0.29) is 155 Å². The summed E-state index contributed by atoms with van der Waals surface area (Å²) >= 11 is 1.73. The first-order valence-electron chi connectivity index (χ1n) is 47.1. The van der Waals surface area contributed by atoms with Crippen LogP contribution in [0, 0.1) is 76.1 Å². The van der Waals surface area contributed by atoms with E-state index in [1.807, 2.05) is 121 Å². The number of aldehydes is 1. The summed E-state index contributed by atoms with van der Waals surface area (Å²) in [5.41, 5.74) is 19.9. The van der Waals surface area contributed by atoms with Crippen LogP contribution in [0.5, 0.6) is 0 Å². The van der Waals surface area contributed by atoms with Crippen LogP contribution >= 0.6 is 11.3 Å². The van der Waals surface area contributed by atoms with Crippen LogP contribution in [0.15, 0.2) is 244 Å². The molecule has 0 spiro atoms. The largest absolute Gasteiger partial charge is 4.00 e. The molecule has 0 amide bonds. The molecule has 4 N–H and O–H groups in total. The van der Waals surface area contributed by atoms with Crippen LogP contribution < -0.4 is 41.3 Å². The molecule has 18 nitrogen and oxygen atoms in total. The van der Waals surface area contributed by atoms with Crippen molar-refractivity contribution < 1.29 is 167 Å². The van der Waals surface area contributed by atoms with E-state index < -0.39 is 51.7 Å².